The van der Waals surface area contributed by atoms with Gasteiger partial charge >= 0.3 is 6.03 Å². The largest absolute Gasteiger partial charge is 0.493 e. The maximum absolute atomic E-state index is 12.7. The summed E-state index contributed by atoms with van der Waals surface area (Å²) in [5.74, 6) is 0.654. The Morgan fingerprint density at radius 1 is 1.13 bits per heavy atom. The molecular weight excluding hydrogens is 400 g/mol. The average Bonchev–Trinajstić information content (AvgIpc) is 2.78. The summed E-state index contributed by atoms with van der Waals surface area (Å²) in [7, 11) is 3.14. The molecule has 9 heteroatoms. The Kier molecular flexibility index (Phi) is 6.96. The number of hydrogen-bond donors (Lipinski definition) is 3. The van der Waals surface area contributed by atoms with Crippen molar-refractivity contribution in [1.29, 1.82) is 0 Å². The lowest BCUT2D eigenvalue weighted by atomic mass is 10.1. The van der Waals surface area contributed by atoms with Gasteiger partial charge in [-0.25, -0.2) is 4.79 Å². The fraction of sp³-hybridized carbons (Fsp3) is 0.318. The lowest BCUT2D eigenvalue weighted by Crippen LogP contribution is -2.53. The fourth-order valence-electron chi connectivity index (χ4n) is 3.26. The normalized spacial score (nSPS) is 13.5. The Morgan fingerprint density at radius 2 is 1.87 bits per heavy atom. The predicted molar refractivity (Wildman–Crippen MR) is 117 cm³/mol. The van der Waals surface area contributed by atoms with Crippen molar-refractivity contribution in [3.05, 3.63) is 48.0 Å². The van der Waals surface area contributed by atoms with E-state index in [4.69, 9.17) is 9.47 Å². The third kappa shape index (κ3) is 5.25. The third-order valence-corrected chi connectivity index (χ3v) is 4.91. The number of nitrogens with zero attached hydrogens (tertiary/aromatic N) is 1. The van der Waals surface area contributed by atoms with Crippen molar-refractivity contribution in [2.24, 2.45) is 0 Å². The summed E-state index contributed by atoms with van der Waals surface area (Å²) < 4.78 is 10.5. The van der Waals surface area contributed by atoms with Crippen LogP contribution in [0.1, 0.15) is 12.5 Å². The van der Waals surface area contributed by atoms with Crippen LogP contribution in [0.5, 0.6) is 11.5 Å². The monoisotopic (exact) mass is 426 g/mol. The minimum Gasteiger partial charge on any atom is -0.493 e. The van der Waals surface area contributed by atoms with Crippen molar-refractivity contribution in [3.8, 4) is 11.5 Å². The van der Waals surface area contributed by atoms with Crippen LogP contribution in [0.2, 0.25) is 0 Å². The van der Waals surface area contributed by atoms with Gasteiger partial charge in [0.2, 0.25) is 11.8 Å². The molecule has 0 bridgehead atoms. The number of benzene rings is 2. The molecule has 0 radical (unpaired) electrons. The highest BCUT2D eigenvalue weighted by Crippen LogP contribution is 2.29. The summed E-state index contributed by atoms with van der Waals surface area (Å²) >= 11 is 0. The molecule has 3 rings (SSSR count). The van der Waals surface area contributed by atoms with Crippen molar-refractivity contribution >= 4 is 29.2 Å². The van der Waals surface area contributed by atoms with Crippen LogP contribution in [-0.4, -0.2) is 51.2 Å². The highest BCUT2D eigenvalue weighted by atomic mass is 16.5. The van der Waals surface area contributed by atoms with Crippen molar-refractivity contribution in [3.63, 3.8) is 0 Å². The van der Waals surface area contributed by atoms with Crippen LogP contribution < -0.4 is 30.3 Å². The molecule has 0 unspecified atom stereocenters. The molecule has 9 nitrogen and oxygen atoms in total. The van der Waals surface area contributed by atoms with Crippen molar-refractivity contribution in [2.75, 3.05) is 37.5 Å². The maximum Gasteiger partial charge on any atom is 0.323 e. The molecule has 0 fully saturated rings. The van der Waals surface area contributed by atoms with Gasteiger partial charge in [-0.2, -0.15) is 0 Å². The molecule has 1 aliphatic heterocycles. The molecule has 1 heterocycles. The second kappa shape index (κ2) is 9.84. The van der Waals surface area contributed by atoms with Crippen molar-refractivity contribution in [1.82, 2.24) is 10.6 Å². The molecular formula is C22H26N4O5. The quantitative estimate of drug-likeness (QED) is 0.627. The minimum absolute atomic E-state index is 0.115. The van der Waals surface area contributed by atoms with E-state index < -0.39 is 12.1 Å². The van der Waals surface area contributed by atoms with Crippen LogP contribution in [0.15, 0.2) is 42.5 Å². The molecule has 31 heavy (non-hydrogen) atoms. The van der Waals surface area contributed by atoms with Crippen LogP contribution in [0.4, 0.5) is 16.2 Å². The van der Waals surface area contributed by atoms with Gasteiger partial charge in [0.05, 0.1) is 25.6 Å². The van der Waals surface area contributed by atoms with Crippen LogP contribution >= 0.6 is 0 Å². The molecule has 164 valence electrons. The summed E-state index contributed by atoms with van der Waals surface area (Å²) in [6.45, 7) is 1.87. The number of methoxy groups -OCH3 is 2. The van der Waals surface area contributed by atoms with E-state index in [1.807, 2.05) is 18.2 Å². The zero-order valence-corrected chi connectivity index (χ0v) is 17.7. The number of rotatable bonds is 7. The van der Waals surface area contributed by atoms with E-state index in [0.717, 1.165) is 5.56 Å². The topological polar surface area (TPSA) is 109 Å². The minimum atomic E-state index is -0.768. The molecule has 3 N–H and O–H groups in total. The van der Waals surface area contributed by atoms with Crippen LogP contribution in [0.3, 0.4) is 0 Å². The van der Waals surface area contributed by atoms with E-state index in [9.17, 15) is 14.4 Å². The number of fused-ring (bicyclic) bond motifs is 1. The van der Waals surface area contributed by atoms with E-state index in [1.165, 1.54) is 4.90 Å². The van der Waals surface area contributed by atoms with Crippen molar-refractivity contribution < 1.29 is 23.9 Å². The SMILES string of the molecule is COc1ccc(CCNC(=O)[C@H](C)NC(=O)N2CC(=O)Nc3ccccc32)cc1OC. The Bertz CT molecular complexity index is 978. The maximum atomic E-state index is 12.7. The number of carbonyl (C=O) groups excluding carboxylic acids is 3. The first kappa shape index (κ1) is 21.9. The number of ether oxygens (including phenoxy) is 2. The summed E-state index contributed by atoms with van der Waals surface area (Å²) in [4.78, 5) is 38.3. The van der Waals surface area contributed by atoms with E-state index >= 15 is 0 Å². The standard InChI is InChI=1S/C22H26N4O5/c1-14(21(28)23-11-10-15-8-9-18(30-2)19(12-15)31-3)24-22(29)26-13-20(27)25-16-6-4-5-7-17(16)26/h4-9,12,14H,10-11,13H2,1-3H3,(H,23,28)(H,24,29)(H,25,27)/t14-/m0/s1. The summed E-state index contributed by atoms with van der Waals surface area (Å²) in [6.07, 6.45) is 0.590. The van der Waals surface area contributed by atoms with E-state index in [0.29, 0.717) is 35.8 Å². The summed E-state index contributed by atoms with van der Waals surface area (Å²) in [5.41, 5.74) is 2.12. The zero-order valence-electron chi connectivity index (χ0n) is 17.7. The molecule has 2 aromatic rings. The second-order valence-corrected chi connectivity index (χ2v) is 7.05. The van der Waals surface area contributed by atoms with Crippen LogP contribution in [-0.2, 0) is 16.0 Å². The predicted octanol–water partition coefficient (Wildman–Crippen LogP) is 1.92. The molecule has 0 aliphatic carbocycles. The van der Waals surface area contributed by atoms with Gasteiger partial charge in [-0.3, -0.25) is 14.5 Å². The Hall–Kier alpha value is -3.75. The van der Waals surface area contributed by atoms with Gasteiger partial charge in [0.15, 0.2) is 11.5 Å². The smallest absolute Gasteiger partial charge is 0.323 e. The highest BCUT2D eigenvalue weighted by Gasteiger charge is 2.28. The second-order valence-electron chi connectivity index (χ2n) is 7.05. The number of nitrogens with one attached hydrogen (secondary N) is 3. The molecule has 1 atom stereocenters. The molecule has 2 aromatic carbocycles. The van der Waals surface area contributed by atoms with Gasteiger partial charge in [0.1, 0.15) is 12.6 Å². The summed E-state index contributed by atoms with van der Waals surface area (Å²) in [5, 5.41) is 8.18. The molecule has 0 spiro atoms. The Labute approximate surface area is 180 Å². The number of hydrogen-bond acceptors (Lipinski definition) is 5. The molecule has 0 saturated carbocycles. The van der Waals surface area contributed by atoms with E-state index in [2.05, 4.69) is 16.0 Å². The van der Waals surface area contributed by atoms with Gasteiger partial charge in [-0.05, 0) is 43.2 Å². The van der Waals surface area contributed by atoms with Crippen molar-refractivity contribution in [2.45, 2.75) is 19.4 Å². The number of carbonyl (C=O) groups is 3. The fourth-order valence-corrected chi connectivity index (χ4v) is 3.26. The van der Waals surface area contributed by atoms with E-state index in [-0.39, 0.29) is 18.4 Å². The number of anilines is 2. The Balaban J connectivity index is 1.53. The summed E-state index contributed by atoms with van der Waals surface area (Å²) in [6, 6.07) is 11.3. The first-order valence-corrected chi connectivity index (χ1v) is 9.88. The lowest BCUT2D eigenvalue weighted by Gasteiger charge is -2.30. The molecule has 0 saturated heterocycles. The number of para-hydroxylation sites is 2. The lowest BCUT2D eigenvalue weighted by molar-refractivity contribution is -0.122. The van der Waals surface area contributed by atoms with Crippen LogP contribution in [0.25, 0.3) is 0 Å². The van der Waals surface area contributed by atoms with Gasteiger partial charge in [0, 0.05) is 6.54 Å². The molecule has 1 aliphatic rings. The first-order valence-electron chi connectivity index (χ1n) is 9.88. The molecule has 0 aromatic heterocycles. The Morgan fingerprint density at radius 3 is 2.61 bits per heavy atom. The van der Waals surface area contributed by atoms with Gasteiger partial charge in [0.25, 0.3) is 0 Å². The zero-order chi connectivity index (χ0) is 22.4. The van der Waals surface area contributed by atoms with Gasteiger partial charge in [-0.1, -0.05) is 18.2 Å². The molecule has 4 amide bonds. The van der Waals surface area contributed by atoms with Gasteiger partial charge < -0.3 is 25.4 Å². The first-order chi connectivity index (χ1) is 14.9. The number of amides is 4. The van der Waals surface area contributed by atoms with E-state index in [1.54, 1.807) is 45.4 Å². The average molecular weight is 426 g/mol. The van der Waals surface area contributed by atoms with Crippen LogP contribution in [0, 0.1) is 0 Å². The number of urea groups is 1. The third-order valence-electron chi connectivity index (χ3n) is 4.91. The highest BCUT2D eigenvalue weighted by molar-refractivity contribution is 6.10. The van der Waals surface area contributed by atoms with Gasteiger partial charge in [-0.15, -0.1) is 0 Å².